The van der Waals surface area contributed by atoms with E-state index >= 15 is 0 Å². The number of hydrogen-bond donors (Lipinski definition) is 0. The summed E-state index contributed by atoms with van der Waals surface area (Å²) < 4.78 is 0.743. The van der Waals surface area contributed by atoms with Crippen LogP contribution < -0.4 is 0 Å². The van der Waals surface area contributed by atoms with Crippen LogP contribution in [0.3, 0.4) is 0 Å². The third-order valence-electron chi connectivity index (χ3n) is 2.63. The van der Waals surface area contributed by atoms with Gasteiger partial charge in [0.2, 0.25) is 0 Å². The number of hydrogen-bond acceptors (Lipinski definition) is 3. The minimum Gasteiger partial charge on any atom is -0.334 e. The van der Waals surface area contributed by atoms with Crippen molar-refractivity contribution in [2.75, 3.05) is 6.54 Å². The first-order chi connectivity index (χ1) is 9.11. The number of thiophene rings is 1. The van der Waals surface area contributed by atoms with Gasteiger partial charge in [-0.25, -0.2) is 4.98 Å². The van der Waals surface area contributed by atoms with Crippen molar-refractivity contribution >= 4 is 44.8 Å². The highest BCUT2D eigenvalue weighted by molar-refractivity contribution is 9.10. The fraction of sp³-hybridized carbons (Fsp3) is 0.231. The van der Waals surface area contributed by atoms with Gasteiger partial charge in [-0.1, -0.05) is 17.7 Å². The van der Waals surface area contributed by atoms with Gasteiger partial charge < -0.3 is 4.90 Å². The maximum Gasteiger partial charge on any atom is 0.257 e. The summed E-state index contributed by atoms with van der Waals surface area (Å²) in [5.41, 5.74) is 0.425. The Morgan fingerprint density at radius 3 is 3.00 bits per heavy atom. The minimum absolute atomic E-state index is 0.102. The first-order valence-electron chi connectivity index (χ1n) is 5.74. The second-order valence-electron chi connectivity index (χ2n) is 3.89. The highest BCUT2D eigenvalue weighted by Crippen LogP contribution is 2.21. The molecule has 19 heavy (non-hydrogen) atoms. The van der Waals surface area contributed by atoms with E-state index in [1.54, 1.807) is 28.5 Å². The zero-order chi connectivity index (χ0) is 13.8. The lowest BCUT2D eigenvalue weighted by Gasteiger charge is -2.20. The Morgan fingerprint density at radius 2 is 2.37 bits per heavy atom. The van der Waals surface area contributed by atoms with E-state index in [0.717, 1.165) is 9.35 Å². The smallest absolute Gasteiger partial charge is 0.257 e. The van der Waals surface area contributed by atoms with Crippen LogP contribution in [0.2, 0.25) is 5.15 Å². The first-order valence-corrected chi connectivity index (χ1v) is 7.79. The molecule has 0 saturated heterocycles. The molecule has 0 saturated carbocycles. The van der Waals surface area contributed by atoms with Crippen LogP contribution in [0.15, 0.2) is 34.2 Å². The molecule has 0 radical (unpaired) electrons. The van der Waals surface area contributed by atoms with Gasteiger partial charge in [0.25, 0.3) is 5.91 Å². The summed E-state index contributed by atoms with van der Waals surface area (Å²) >= 11 is 10.9. The zero-order valence-electron chi connectivity index (χ0n) is 10.3. The van der Waals surface area contributed by atoms with E-state index in [0.29, 0.717) is 18.7 Å². The minimum atomic E-state index is -0.102. The van der Waals surface area contributed by atoms with Gasteiger partial charge in [0.1, 0.15) is 5.15 Å². The Bertz CT molecular complexity index is 574. The topological polar surface area (TPSA) is 33.2 Å². The summed E-state index contributed by atoms with van der Waals surface area (Å²) in [5.74, 6) is -0.102. The third kappa shape index (κ3) is 3.55. The molecule has 100 valence electrons. The number of pyridine rings is 1. The lowest BCUT2D eigenvalue weighted by Crippen LogP contribution is -2.30. The molecule has 2 aromatic heterocycles. The van der Waals surface area contributed by atoms with Gasteiger partial charge in [-0.05, 0) is 40.4 Å². The van der Waals surface area contributed by atoms with Crippen LogP contribution in [0.25, 0.3) is 0 Å². The Hall–Kier alpha value is -0.910. The molecule has 0 aliphatic heterocycles. The van der Waals surface area contributed by atoms with Gasteiger partial charge >= 0.3 is 0 Å². The predicted molar refractivity (Wildman–Crippen MR) is 81.7 cm³/mol. The van der Waals surface area contributed by atoms with Crippen LogP contribution in [-0.2, 0) is 6.54 Å². The summed E-state index contributed by atoms with van der Waals surface area (Å²) in [6.45, 7) is 3.17. The predicted octanol–water partition coefficient (Wildman–Crippen LogP) is 4.22. The first kappa shape index (κ1) is 14.5. The van der Waals surface area contributed by atoms with Crippen LogP contribution >= 0.6 is 38.9 Å². The second-order valence-corrected chi connectivity index (χ2v) is 6.20. The van der Waals surface area contributed by atoms with Crippen LogP contribution in [0, 0.1) is 0 Å². The molecule has 0 fully saturated rings. The molecular weight excluding hydrogens is 348 g/mol. The molecule has 0 spiro atoms. The highest BCUT2D eigenvalue weighted by atomic mass is 79.9. The fourth-order valence-corrected chi connectivity index (χ4v) is 2.90. The Labute approximate surface area is 129 Å². The largest absolute Gasteiger partial charge is 0.334 e. The average Bonchev–Trinajstić information content (AvgIpc) is 2.91. The Kier molecular flexibility index (Phi) is 4.96. The number of amides is 1. The lowest BCUT2D eigenvalue weighted by atomic mass is 10.2. The van der Waals surface area contributed by atoms with E-state index in [1.807, 2.05) is 24.4 Å². The van der Waals surface area contributed by atoms with Gasteiger partial charge in [0.05, 0.1) is 12.1 Å². The van der Waals surface area contributed by atoms with Gasteiger partial charge in [-0.3, -0.25) is 4.79 Å². The fourth-order valence-electron chi connectivity index (χ4n) is 1.66. The molecule has 2 heterocycles. The van der Waals surface area contributed by atoms with Gasteiger partial charge in [0, 0.05) is 22.1 Å². The van der Waals surface area contributed by atoms with Crippen molar-refractivity contribution in [1.82, 2.24) is 9.88 Å². The third-order valence-corrected chi connectivity index (χ3v) is 4.23. The van der Waals surface area contributed by atoms with Crippen molar-refractivity contribution in [3.8, 4) is 0 Å². The number of rotatable bonds is 4. The molecule has 2 aromatic rings. The quantitative estimate of drug-likeness (QED) is 0.766. The number of carbonyl (C=O) groups excluding carboxylic acids is 1. The summed E-state index contributed by atoms with van der Waals surface area (Å²) in [6, 6.07) is 5.70. The lowest BCUT2D eigenvalue weighted by molar-refractivity contribution is 0.0754. The van der Waals surface area contributed by atoms with Crippen LogP contribution in [0.1, 0.15) is 22.2 Å². The standard InChI is InChI=1S/C13H12BrClN2OS/c1-2-17(8-10-4-3-5-19-10)13(18)11-6-9(14)7-16-12(11)15/h3-7H,2,8H2,1H3. The SMILES string of the molecule is CCN(Cc1cccs1)C(=O)c1cc(Br)cnc1Cl. The molecule has 6 heteroatoms. The van der Waals surface area contributed by atoms with E-state index in [9.17, 15) is 4.79 Å². The number of nitrogens with zero attached hydrogens (tertiary/aromatic N) is 2. The molecule has 0 unspecified atom stereocenters. The average molecular weight is 360 g/mol. The summed E-state index contributed by atoms with van der Waals surface area (Å²) in [4.78, 5) is 19.3. The number of aromatic nitrogens is 1. The normalized spacial score (nSPS) is 10.5. The molecule has 2 rings (SSSR count). The second kappa shape index (κ2) is 6.50. The highest BCUT2D eigenvalue weighted by Gasteiger charge is 2.18. The van der Waals surface area contributed by atoms with Crippen molar-refractivity contribution in [3.63, 3.8) is 0 Å². The summed E-state index contributed by atoms with van der Waals surface area (Å²) in [5, 5.41) is 2.24. The van der Waals surface area contributed by atoms with E-state index in [-0.39, 0.29) is 11.1 Å². The molecule has 0 N–H and O–H groups in total. The van der Waals surface area contributed by atoms with Gasteiger partial charge in [-0.15, -0.1) is 11.3 Å². The summed E-state index contributed by atoms with van der Waals surface area (Å²) in [7, 11) is 0. The molecule has 0 atom stereocenters. The Balaban J connectivity index is 2.23. The van der Waals surface area contributed by atoms with E-state index in [4.69, 9.17) is 11.6 Å². The van der Waals surface area contributed by atoms with Crippen molar-refractivity contribution < 1.29 is 4.79 Å². The molecule has 3 nitrogen and oxygen atoms in total. The van der Waals surface area contributed by atoms with Crippen LogP contribution in [0.4, 0.5) is 0 Å². The van der Waals surface area contributed by atoms with E-state index < -0.39 is 0 Å². The Morgan fingerprint density at radius 1 is 1.58 bits per heavy atom. The number of halogens is 2. The molecule has 0 aliphatic carbocycles. The van der Waals surface area contributed by atoms with Crippen molar-refractivity contribution in [2.24, 2.45) is 0 Å². The molecule has 0 aromatic carbocycles. The van der Waals surface area contributed by atoms with E-state index in [2.05, 4.69) is 20.9 Å². The van der Waals surface area contributed by atoms with Crippen molar-refractivity contribution in [1.29, 1.82) is 0 Å². The monoisotopic (exact) mass is 358 g/mol. The molecular formula is C13H12BrClN2OS. The van der Waals surface area contributed by atoms with Crippen molar-refractivity contribution in [2.45, 2.75) is 13.5 Å². The van der Waals surface area contributed by atoms with Gasteiger partial charge in [-0.2, -0.15) is 0 Å². The molecule has 1 amide bonds. The van der Waals surface area contributed by atoms with Crippen LogP contribution in [-0.4, -0.2) is 22.3 Å². The van der Waals surface area contributed by atoms with Gasteiger partial charge in [0.15, 0.2) is 0 Å². The maximum atomic E-state index is 12.5. The van der Waals surface area contributed by atoms with Crippen LogP contribution in [0.5, 0.6) is 0 Å². The molecule has 0 bridgehead atoms. The van der Waals surface area contributed by atoms with Crippen molar-refractivity contribution in [3.05, 3.63) is 49.8 Å². The number of carbonyl (C=O) groups is 1. The molecule has 0 aliphatic rings. The maximum absolute atomic E-state index is 12.5. The summed E-state index contributed by atoms with van der Waals surface area (Å²) in [6.07, 6.45) is 1.58. The zero-order valence-corrected chi connectivity index (χ0v) is 13.4. The van der Waals surface area contributed by atoms with E-state index in [1.165, 1.54) is 0 Å².